The van der Waals surface area contributed by atoms with Crippen LogP contribution in [0.2, 0.25) is 0 Å². The lowest BCUT2D eigenvalue weighted by Gasteiger charge is -2.03. The molecular formula is C13H12N2O5. The highest BCUT2D eigenvalue weighted by molar-refractivity contribution is 5.87. The second kappa shape index (κ2) is 5.32. The third-order valence-corrected chi connectivity index (χ3v) is 2.68. The van der Waals surface area contributed by atoms with Gasteiger partial charge in [-0.05, 0) is 12.1 Å². The van der Waals surface area contributed by atoms with Gasteiger partial charge in [-0.1, -0.05) is 6.07 Å². The summed E-state index contributed by atoms with van der Waals surface area (Å²) in [5, 5.41) is 25.9. The second-order valence-electron chi connectivity index (χ2n) is 4.01. The van der Waals surface area contributed by atoms with E-state index in [1.807, 2.05) is 0 Å². The van der Waals surface area contributed by atoms with Crippen LogP contribution in [0.25, 0.3) is 22.6 Å². The number of aliphatic hydroxyl groups is 2. The van der Waals surface area contributed by atoms with Crippen molar-refractivity contribution < 1.29 is 23.8 Å². The fourth-order valence-corrected chi connectivity index (χ4v) is 1.84. The van der Waals surface area contributed by atoms with Crippen molar-refractivity contribution in [3.05, 3.63) is 30.2 Å². The number of hydrogen-bond donors (Lipinski definition) is 2. The van der Waals surface area contributed by atoms with E-state index in [9.17, 15) is 0 Å². The van der Waals surface area contributed by atoms with Crippen LogP contribution in [0.15, 0.2) is 33.1 Å². The fraction of sp³-hybridized carbons (Fsp3) is 0.231. The Kier molecular flexibility index (Phi) is 3.36. The van der Waals surface area contributed by atoms with Crippen molar-refractivity contribution in [3.8, 4) is 17.4 Å². The lowest BCUT2D eigenvalue weighted by atomic mass is 10.2. The normalized spacial score (nSPS) is 11.1. The summed E-state index contributed by atoms with van der Waals surface area (Å²) >= 11 is 0. The number of benzene rings is 1. The van der Waals surface area contributed by atoms with Gasteiger partial charge in [-0.25, -0.2) is 0 Å². The first-order chi connectivity index (χ1) is 9.81. The van der Waals surface area contributed by atoms with Gasteiger partial charge >= 0.3 is 0 Å². The molecule has 0 bridgehead atoms. The SMILES string of the molecule is OCCOc1cccc2oc(-c3nnc(CO)o3)cc12. The van der Waals surface area contributed by atoms with Gasteiger partial charge in [0.15, 0.2) is 5.76 Å². The molecule has 0 aliphatic rings. The van der Waals surface area contributed by atoms with E-state index in [0.29, 0.717) is 17.1 Å². The average Bonchev–Trinajstić information content (AvgIpc) is 3.10. The van der Waals surface area contributed by atoms with Crippen LogP contribution in [0.5, 0.6) is 5.75 Å². The zero-order valence-electron chi connectivity index (χ0n) is 10.4. The first-order valence-electron chi connectivity index (χ1n) is 6.01. The van der Waals surface area contributed by atoms with Crippen LogP contribution < -0.4 is 4.74 Å². The summed E-state index contributed by atoms with van der Waals surface area (Å²) in [6.45, 7) is -0.183. The van der Waals surface area contributed by atoms with Crippen LogP contribution in [-0.4, -0.2) is 33.6 Å². The Balaban J connectivity index is 2.01. The van der Waals surface area contributed by atoms with Gasteiger partial charge in [-0.2, -0.15) is 0 Å². The average molecular weight is 276 g/mol. The number of ether oxygens (including phenoxy) is 1. The fourth-order valence-electron chi connectivity index (χ4n) is 1.84. The van der Waals surface area contributed by atoms with Crippen LogP contribution in [0, 0.1) is 0 Å². The summed E-state index contributed by atoms with van der Waals surface area (Å²) in [5.74, 6) is 1.32. The molecule has 2 heterocycles. The number of furan rings is 1. The molecule has 3 aromatic rings. The number of rotatable bonds is 5. The van der Waals surface area contributed by atoms with E-state index < -0.39 is 0 Å². The quantitative estimate of drug-likeness (QED) is 0.725. The summed E-state index contributed by atoms with van der Waals surface area (Å²) in [6, 6.07) is 7.07. The minimum Gasteiger partial charge on any atom is -0.490 e. The first-order valence-corrected chi connectivity index (χ1v) is 6.01. The summed E-state index contributed by atoms with van der Waals surface area (Å²) < 4.78 is 16.3. The highest BCUT2D eigenvalue weighted by Gasteiger charge is 2.15. The van der Waals surface area contributed by atoms with Crippen molar-refractivity contribution >= 4 is 11.0 Å². The van der Waals surface area contributed by atoms with Gasteiger partial charge in [0.1, 0.15) is 24.5 Å². The van der Waals surface area contributed by atoms with Gasteiger partial charge in [-0.15, -0.1) is 10.2 Å². The highest BCUT2D eigenvalue weighted by atomic mass is 16.5. The molecule has 0 radical (unpaired) electrons. The van der Waals surface area contributed by atoms with Crippen LogP contribution in [0.4, 0.5) is 0 Å². The largest absolute Gasteiger partial charge is 0.490 e. The molecule has 0 aliphatic heterocycles. The van der Waals surface area contributed by atoms with Gasteiger partial charge in [-0.3, -0.25) is 0 Å². The minimum absolute atomic E-state index is 0.0649. The van der Waals surface area contributed by atoms with Crippen molar-refractivity contribution in [2.45, 2.75) is 6.61 Å². The Morgan fingerprint density at radius 2 is 2.05 bits per heavy atom. The molecule has 7 heteroatoms. The maximum Gasteiger partial charge on any atom is 0.283 e. The molecule has 0 aliphatic carbocycles. The van der Waals surface area contributed by atoms with Crippen molar-refractivity contribution in [2.24, 2.45) is 0 Å². The molecule has 0 saturated carbocycles. The predicted octanol–water partition coefficient (Wildman–Crippen LogP) is 1.35. The topological polar surface area (TPSA) is 102 Å². The number of nitrogens with zero attached hydrogens (tertiary/aromatic N) is 2. The highest BCUT2D eigenvalue weighted by Crippen LogP contribution is 2.32. The van der Waals surface area contributed by atoms with Crippen LogP contribution >= 0.6 is 0 Å². The lowest BCUT2D eigenvalue weighted by molar-refractivity contribution is 0.203. The molecule has 3 rings (SSSR count). The van der Waals surface area contributed by atoms with Gasteiger partial charge in [0.25, 0.3) is 5.89 Å². The van der Waals surface area contributed by atoms with E-state index in [-0.39, 0.29) is 31.6 Å². The number of fused-ring (bicyclic) bond motifs is 1. The summed E-state index contributed by atoms with van der Waals surface area (Å²) in [4.78, 5) is 0. The standard InChI is InChI=1S/C13H12N2O5/c16-4-5-18-9-2-1-3-10-8(9)6-11(19-10)13-15-14-12(7-17)20-13/h1-3,6,16-17H,4-5,7H2. The maximum absolute atomic E-state index is 8.91. The van der Waals surface area contributed by atoms with Crippen LogP contribution in [0.3, 0.4) is 0 Å². The predicted molar refractivity (Wildman–Crippen MR) is 68.0 cm³/mol. The van der Waals surface area contributed by atoms with Crippen molar-refractivity contribution in [1.29, 1.82) is 0 Å². The molecular weight excluding hydrogens is 264 g/mol. The molecule has 7 nitrogen and oxygen atoms in total. The molecule has 2 aromatic heterocycles. The van der Waals surface area contributed by atoms with Gasteiger partial charge in [0, 0.05) is 6.07 Å². The number of aromatic nitrogens is 2. The first kappa shape index (κ1) is 12.6. The Morgan fingerprint density at radius 1 is 1.15 bits per heavy atom. The van der Waals surface area contributed by atoms with E-state index >= 15 is 0 Å². The summed E-state index contributed by atoms with van der Waals surface area (Å²) in [6.07, 6.45) is 0. The maximum atomic E-state index is 8.91. The van der Waals surface area contributed by atoms with E-state index in [2.05, 4.69) is 10.2 Å². The monoisotopic (exact) mass is 276 g/mol. The number of aliphatic hydroxyl groups excluding tert-OH is 2. The molecule has 0 saturated heterocycles. The third-order valence-electron chi connectivity index (χ3n) is 2.68. The molecule has 2 N–H and O–H groups in total. The zero-order chi connectivity index (χ0) is 13.9. The zero-order valence-corrected chi connectivity index (χ0v) is 10.4. The second-order valence-corrected chi connectivity index (χ2v) is 4.01. The van der Waals surface area contributed by atoms with Crippen molar-refractivity contribution in [2.75, 3.05) is 13.2 Å². The van der Waals surface area contributed by atoms with Crippen molar-refractivity contribution in [3.63, 3.8) is 0 Å². The molecule has 0 spiro atoms. The molecule has 0 amide bonds. The molecule has 0 unspecified atom stereocenters. The van der Waals surface area contributed by atoms with Gasteiger partial charge in [0.05, 0.1) is 12.0 Å². The van der Waals surface area contributed by atoms with E-state index in [0.717, 1.165) is 5.39 Å². The van der Waals surface area contributed by atoms with E-state index in [1.165, 1.54) is 0 Å². The molecule has 20 heavy (non-hydrogen) atoms. The van der Waals surface area contributed by atoms with Gasteiger partial charge in [0.2, 0.25) is 5.89 Å². The Hall–Kier alpha value is -2.38. The smallest absolute Gasteiger partial charge is 0.283 e. The molecule has 0 atom stereocenters. The van der Waals surface area contributed by atoms with Gasteiger partial charge < -0.3 is 23.8 Å². The van der Waals surface area contributed by atoms with Crippen LogP contribution in [0.1, 0.15) is 5.89 Å². The third kappa shape index (κ3) is 2.24. The van der Waals surface area contributed by atoms with E-state index in [1.54, 1.807) is 24.3 Å². The minimum atomic E-state index is -0.321. The van der Waals surface area contributed by atoms with Crippen LogP contribution in [-0.2, 0) is 6.61 Å². The Morgan fingerprint density at radius 3 is 2.80 bits per heavy atom. The molecule has 104 valence electrons. The van der Waals surface area contributed by atoms with Crippen molar-refractivity contribution in [1.82, 2.24) is 10.2 Å². The molecule has 0 fully saturated rings. The summed E-state index contributed by atoms with van der Waals surface area (Å²) in [5.41, 5.74) is 0.610. The summed E-state index contributed by atoms with van der Waals surface area (Å²) in [7, 11) is 0. The Labute approximate surface area is 113 Å². The molecule has 1 aromatic carbocycles. The van der Waals surface area contributed by atoms with E-state index in [4.69, 9.17) is 23.8 Å². The Bertz CT molecular complexity index is 718. The lowest BCUT2D eigenvalue weighted by Crippen LogP contribution is -2.01. The number of hydrogen-bond acceptors (Lipinski definition) is 7.